The number of amides is 2. The average Bonchev–Trinajstić information content (AvgIpc) is 2.41. The quantitative estimate of drug-likeness (QED) is 0.899. The van der Waals surface area contributed by atoms with E-state index >= 15 is 0 Å². The summed E-state index contributed by atoms with van der Waals surface area (Å²) in [5, 5.41) is 5.16. The zero-order valence-electron chi connectivity index (χ0n) is 10.9. The molecule has 0 fully saturated rings. The van der Waals surface area contributed by atoms with E-state index in [4.69, 9.17) is 0 Å². The molecule has 2 aromatic rings. The Balaban J connectivity index is 1.87. The topological polar surface area (TPSA) is 54.0 Å². The number of benzene rings is 1. The molecule has 0 bridgehead atoms. The van der Waals surface area contributed by atoms with Crippen molar-refractivity contribution < 1.29 is 9.18 Å². The molecule has 1 heterocycles. The first-order valence-electron chi connectivity index (χ1n) is 6.07. The smallest absolute Gasteiger partial charge is 0.314 e. The van der Waals surface area contributed by atoms with Crippen LogP contribution in [0.25, 0.3) is 6.08 Å². The molecule has 2 rings (SSSR count). The lowest BCUT2D eigenvalue weighted by molar-refractivity contribution is 0.255. The summed E-state index contributed by atoms with van der Waals surface area (Å²) in [4.78, 5) is 15.7. The third-order valence-corrected chi connectivity index (χ3v) is 2.49. The number of urea groups is 1. The molecule has 0 saturated heterocycles. The number of pyridine rings is 1. The van der Waals surface area contributed by atoms with E-state index < -0.39 is 0 Å². The number of anilines is 1. The van der Waals surface area contributed by atoms with Crippen LogP contribution in [0, 0.1) is 12.7 Å². The fourth-order valence-corrected chi connectivity index (χ4v) is 1.55. The lowest BCUT2D eigenvalue weighted by atomic mass is 10.2. The molecule has 1 aromatic carbocycles. The van der Waals surface area contributed by atoms with Gasteiger partial charge in [0.1, 0.15) is 11.6 Å². The van der Waals surface area contributed by atoms with Gasteiger partial charge in [0, 0.05) is 11.9 Å². The Morgan fingerprint density at radius 3 is 2.65 bits per heavy atom. The number of aryl methyl sites for hydroxylation is 1. The van der Waals surface area contributed by atoms with Gasteiger partial charge in [-0.1, -0.05) is 18.2 Å². The molecule has 0 aliphatic rings. The summed E-state index contributed by atoms with van der Waals surface area (Å²) in [5.41, 5.74) is 1.62. The molecule has 20 heavy (non-hydrogen) atoms. The first-order chi connectivity index (χ1) is 9.63. The lowest BCUT2D eigenvalue weighted by Gasteiger charge is -2.04. The zero-order chi connectivity index (χ0) is 14.4. The van der Waals surface area contributed by atoms with Gasteiger partial charge in [0.2, 0.25) is 0 Å². The third-order valence-electron chi connectivity index (χ3n) is 2.49. The number of rotatable bonds is 3. The van der Waals surface area contributed by atoms with Gasteiger partial charge in [-0.25, -0.2) is 14.2 Å². The van der Waals surface area contributed by atoms with Crippen LogP contribution in [0.15, 0.2) is 48.7 Å². The van der Waals surface area contributed by atoms with Crippen molar-refractivity contribution in [1.82, 2.24) is 10.3 Å². The maximum Gasteiger partial charge on any atom is 0.324 e. The third kappa shape index (κ3) is 4.20. The summed E-state index contributed by atoms with van der Waals surface area (Å²) < 4.78 is 12.7. The van der Waals surface area contributed by atoms with Gasteiger partial charge in [-0.2, -0.15) is 0 Å². The van der Waals surface area contributed by atoms with E-state index in [0.717, 1.165) is 11.3 Å². The summed E-state index contributed by atoms with van der Waals surface area (Å²) >= 11 is 0. The second-order valence-electron chi connectivity index (χ2n) is 4.15. The number of hydrogen-bond donors (Lipinski definition) is 2. The van der Waals surface area contributed by atoms with Crippen LogP contribution in [-0.2, 0) is 0 Å². The van der Waals surface area contributed by atoms with E-state index in [2.05, 4.69) is 15.6 Å². The molecule has 0 unspecified atom stereocenters. The predicted molar refractivity (Wildman–Crippen MR) is 76.6 cm³/mol. The first kappa shape index (κ1) is 13.7. The molecule has 0 aliphatic carbocycles. The van der Waals surface area contributed by atoms with Crippen molar-refractivity contribution in [1.29, 1.82) is 0 Å². The molecular weight excluding hydrogens is 257 g/mol. The molecule has 0 radical (unpaired) electrons. The summed E-state index contributed by atoms with van der Waals surface area (Å²) in [6, 6.07) is 10.9. The van der Waals surface area contributed by atoms with Crippen LogP contribution < -0.4 is 10.6 Å². The van der Waals surface area contributed by atoms with E-state index in [9.17, 15) is 9.18 Å². The van der Waals surface area contributed by atoms with Crippen molar-refractivity contribution in [3.63, 3.8) is 0 Å². The molecule has 4 nitrogen and oxygen atoms in total. The van der Waals surface area contributed by atoms with Gasteiger partial charge in [0.25, 0.3) is 0 Å². The van der Waals surface area contributed by atoms with Crippen LogP contribution >= 0.6 is 0 Å². The van der Waals surface area contributed by atoms with Gasteiger partial charge in [-0.15, -0.1) is 0 Å². The highest BCUT2D eigenvalue weighted by Crippen LogP contribution is 2.05. The maximum absolute atomic E-state index is 12.7. The molecule has 102 valence electrons. The summed E-state index contributed by atoms with van der Waals surface area (Å²) in [6.45, 7) is 1.84. The Morgan fingerprint density at radius 2 is 1.95 bits per heavy atom. The Morgan fingerprint density at radius 1 is 1.20 bits per heavy atom. The first-order valence-corrected chi connectivity index (χ1v) is 6.07. The summed E-state index contributed by atoms with van der Waals surface area (Å²) in [7, 11) is 0. The fraction of sp³-hybridized carbons (Fsp3) is 0.0667. The fourth-order valence-electron chi connectivity index (χ4n) is 1.55. The van der Waals surface area contributed by atoms with E-state index in [1.54, 1.807) is 24.3 Å². The SMILES string of the molecule is Cc1cccc(NC(=O)N/C=C/c2ccc(F)cc2)n1. The Hall–Kier alpha value is -2.69. The highest BCUT2D eigenvalue weighted by atomic mass is 19.1. The molecule has 0 saturated carbocycles. The van der Waals surface area contributed by atoms with Crippen molar-refractivity contribution in [3.05, 3.63) is 65.7 Å². The van der Waals surface area contributed by atoms with E-state index in [0.29, 0.717) is 5.82 Å². The summed E-state index contributed by atoms with van der Waals surface area (Å²) in [6.07, 6.45) is 3.15. The molecule has 0 aliphatic heterocycles. The van der Waals surface area contributed by atoms with Crippen molar-refractivity contribution in [2.45, 2.75) is 6.92 Å². The minimum atomic E-state index is -0.388. The molecule has 0 atom stereocenters. The number of hydrogen-bond acceptors (Lipinski definition) is 2. The van der Waals surface area contributed by atoms with Gasteiger partial charge in [0.15, 0.2) is 0 Å². The number of nitrogens with zero attached hydrogens (tertiary/aromatic N) is 1. The molecule has 2 amide bonds. The van der Waals surface area contributed by atoms with Gasteiger partial charge in [-0.05, 0) is 42.8 Å². The minimum Gasteiger partial charge on any atom is -0.314 e. The number of nitrogens with one attached hydrogen (secondary N) is 2. The maximum atomic E-state index is 12.7. The van der Waals surface area contributed by atoms with Crippen LogP contribution in [0.2, 0.25) is 0 Å². The molecular formula is C15H14FN3O. The van der Waals surface area contributed by atoms with Crippen LogP contribution in [0.4, 0.5) is 15.0 Å². The van der Waals surface area contributed by atoms with E-state index in [-0.39, 0.29) is 11.8 Å². The zero-order valence-corrected chi connectivity index (χ0v) is 10.9. The monoisotopic (exact) mass is 271 g/mol. The highest BCUT2D eigenvalue weighted by molar-refractivity contribution is 5.89. The van der Waals surface area contributed by atoms with Crippen molar-refractivity contribution in [2.24, 2.45) is 0 Å². The molecule has 0 spiro atoms. The van der Waals surface area contributed by atoms with Crippen molar-refractivity contribution >= 4 is 17.9 Å². The minimum absolute atomic E-state index is 0.293. The number of halogens is 1. The molecule has 5 heteroatoms. The predicted octanol–water partition coefficient (Wildman–Crippen LogP) is 3.32. The average molecular weight is 271 g/mol. The van der Waals surface area contributed by atoms with Crippen LogP contribution in [-0.4, -0.2) is 11.0 Å². The van der Waals surface area contributed by atoms with Crippen molar-refractivity contribution in [3.8, 4) is 0 Å². The van der Waals surface area contributed by atoms with Crippen molar-refractivity contribution in [2.75, 3.05) is 5.32 Å². The van der Waals surface area contributed by atoms with Gasteiger partial charge < -0.3 is 5.32 Å². The largest absolute Gasteiger partial charge is 0.324 e. The Bertz CT molecular complexity index is 623. The lowest BCUT2D eigenvalue weighted by Crippen LogP contribution is -2.24. The van der Waals surface area contributed by atoms with Gasteiger partial charge in [0.05, 0.1) is 0 Å². The Labute approximate surface area is 116 Å². The molecule has 1 aromatic heterocycles. The normalized spacial score (nSPS) is 10.5. The van der Waals surface area contributed by atoms with Crippen LogP contribution in [0.3, 0.4) is 0 Å². The highest BCUT2D eigenvalue weighted by Gasteiger charge is 1.99. The second kappa shape index (κ2) is 6.47. The second-order valence-corrected chi connectivity index (χ2v) is 4.15. The number of carbonyl (C=O) groups excluding carboxylic acids is 1. The van der Waals surface area contributed by atoms with E-state index in [1.807, 2.05) is 19.1 Å². The van der Waals surface area contributed by atoms with Gasteiger partial charge in [-0.3, -0.25) is 5.32 Å². The Kier molecular flexibility index (Phi) is 4.44. The van der Waals surface area contributed by atoms with Gasteiger partial charge >= 0.3 is 6.03 Å². The van der Waals surface area contributed by atoms with Crippen LogP contribution in [0.1, 0.15) is 11.3 Å². The number of aromatic nitrogens is 1. The van der Waals surface area contributed by atoms with Crippen LogP contribution in [0.5, 0.6) is 0 Å². The standard InChI is InChI=1S/C15H14FN3O/c1-11-3-2-4-14(18-11)19-15(20)17-10-9-12-5-7-13(16)8-6-12/h2-10H,1H3,(H2,17,18,19,20)/b10-9+. The number of carbonyl (C=O) groups is 1. The van der Waals surface area contributed by atoms with E-state index in [1.165, 1.54) is 18.3 Å². The molecule has 2 N–H and O–H groups in total. The summed E-state index contributed by atoms with van der Waals surface area (Å²) in [5.74, 6) is 0.191.